The molecule has 0 aliphatic carbocycles. The van der Waals surface area contributed by atoms with Gasteiger partial charge in [0.15, 0.2) is 0 Å². The number of hydrogen-bond donors (Lipinski definition) is 1. The van der Waals surface area contributed by atoms with E-state index in [0.717, 1.165) is 13.0 Å². The van der Waals surface area contributed by atoms with E-state index in [4.69, 9.17) is 0 Å². The van der Waals surface area contributed by atoms with Gasteiger partial charge >= 0.3 is 0 Å². The zero-order valence-corrected chi connectivity index (χ0v) is 11.7. The lowest BCUT2D eigenvalue weighted by Crippen LogP contribution is -2.47. The third-order valence-electron chi connectivity index (χ3n) is 4.22. The van der Waals surface area contributed by atoms with E-state index in [-0.39, 0.29) is 23.1 Å². The lowest BCUT2D eigenvalue weighted by atomic mass is 9.75. The van der Waals surface area contributed by atoms with Crippen molar-refractivity contribution < 1.29 is 9.18 Å². The molecule has 1 N–H and O–H groups in total. The van der Waals surface area contributed by atoms with Crippen LogP contribution in [0.1, 0.15) is 20.3 Å². The Hall–Kier alpha value is -1.42. The summed E-state index contributed by atoms with van der Waals surface area (Å²) in [6.45, 7) is 5.71. The first-order chi connectivity index (χ1) is 8.97. The van der Waals surface area contributed by atoms with E-state index in [1.807, 2.05) is 0 Å². The maximum Gasteiger partial charge on any atom is 0.234 e. The van der Waals surface area contributed by atoms with Crippen LogP contribution in [0.15, 0.2) is 24.3 Å². The molecule has 1 fully saturated rings. The van der Waals surface area contributed by atoms with E-state index in [0.29, 0.717) is 12.2 Å². The van der Waals surface area contributed by atoms with Gasteiger partial charge in [-0.15, -0.1) is 0 Å². The van der Waals surface area contributed by atoms with Gasteiger partial charge in [-0.05, 0) is 37.1 Å². The topological polar surface area (TPSA) is 32.3 Å². The average Bonchev–Trinajstić information content (AvgIpc) is 2.87. The first kappa shape index (κ1) is 14.0. The van der Waals surface area contributed by atoms with Crippen molar-refractivity contribution in [1.82, 2.24) is 5.32 Å². The Kier molecular flexibility index (Phi) is 3.90. The summed E-state index contributed by atoms with van der Waals surface area (Å²) >= 11 is 0. The molecule has 2 rings (SSSR count). The molecule has 0 aromatic heterocycles. The highest BCUT2D eigenvalue weighted by Crippen LogP contribution is 2.37. The molecule has 1 aromatic rings. The third-order valence-corrected chi connectivity index (χ3v) is 4.22. The summed E-state index contributed by atoms with van der Waals surface area (Å²) in [6, 6.07) is 6.17. The van der Waals surface area contributed by atoms with E-state index in [1.54, 1.807) is 24.1 Å². The molecular weight excluding hydrogens is 243 g/mol. The predicted molar refractivity (Wildman–Crippen MR) is 74.6 cm³/mol. The molecule has 1 unspecified atom stereocenters. The number of carbonyl (C=O) groups is 1. The van der Waals surface area contributed by atoms with E-state index in [1.165, 1.54) is 12.1 Å². The first-order valence-electron chi connectivity index (χ1n) is 6.72. The van der Waals surface area contributed by atoms with Crippen molar-refractivity contribution >= 4 is 11.6 Å². The van der Waals surface area contributed by atoms with Gasteiger partial charge < -0.3 is 10.2 Å². The largest absolute Gasteiger partial charge is 0.316 e. The number of hydrogen-bond acceptors (Lipinski definition) is 2. The molecule has 1 atom stereocenters. The molecule has 1 aliphatic heterocycles. The molecule has 1 amide bonds. The number of halogens is 1. The van der Waals surface area contributed by atoms with Crippen molar-refractivity contribution in [2.75, 3.05) is 25.0 Å². The Morgan fingerprint density at radius 3 is 2.74 bits per heavy atom. The summed E-state index contributed by atoms with van der Waals surface area (Å²) in [5, 5.41) is 3.27. The minimum atomic E-state index is -0.374. The Bertz CT molecular complexity index is 467. The molecule has 1 heterocycles. The molecule has 4 heteroatoms. The maximum absolute atomic E-state index is 13.3. The standard InChI is InChI=1S/C15H21FN2O/c1-11(2)15(7-8-17-10-15)14(19)18(3)13-6-4-5-12(16)9-13/h4-6,9,11,17H,7-8,10H2,1-3H3. The van der Waals surface area contributed by atoms with Crippen molar-refractivity contribution in [2.45, 2.75) is 20.3 Å². The molecule has 0 radical (unpaired) electrons. The Balaban J connectivity index is 2.27. The number of anilines is 1. The number of rotatable bonds is 3. The van der Waals surface area contributed by atoms with Crippen molar-refractivity contribution in [2.24, 2.45) is 11.3 Å². The smallest absolute Gasteiger partial charge is 0.234 e. The van der Waals surface area contributed by atoms with Crippen LogP contribution in [-0.2, 0) is 4.79 Å². The summed E-state index contributed by atoms with van der Waals surface area (Å²) in [4.78, 5) is 14.4. The second-order valence-corrected chi connectivity index (χ2v) is 5.58. The van der Waals surface area contributed by atoms with Crippen molar-refractivity contribution in [1.29, 1.82) is 0 Å². The molecule has 1 saturated heterocycles. The molecule has 1 aliphatic rings. The predicted octanol–water partition coefficient (Wildman–Crippen LogP) is 2.42. The fourth-order valence-electron chi connectivity index (χ4n) is 2.77. The van der Waals surface area contributed by atoms with Crippen molar-refractivity contribution in [3.63, 3.8) is 0 Å². The van der Waals surface area contributed by atoms with Crippen LogP contribution in [0.2, 0.25) is 0 Å². The normalized spacial score (nSPS) is 22.8. The van der Waals surface area contributed by atoms with E-state index in [2.05, 4.69) is 19.2 Å². The number of nitrogens with zero attached hydrogens (tertiary/aromatic N) is 1. The van der Waals surface area contributed by atoms with Gasteiger partial charge in [-0.1, -0.05) is 19.9 Å². The van der Waals surface area contributed by atoms with Crippen LogP contribution < -0.4 is 10.2 Å². The van der Waals surface area contributed by atoms with Gasteiger partial charge in [-0.25, -0.2) is 4.39 Å². The Morgan fingerprint density at radius 2 is 2.21 bits per heavy atom. The number of nitrogens with one attached hydrogen (secondary N) is 1. The van der Waals surface area contributed by atoms with Crippen LogP contribution in [0, 0.1) is 17.2 Å². The Morgan fingerprint density at radius 1 is 1.47 bits per heavy atom. The number of amides is 1. The van der Waals surface area contributed by atoms with Crippen LogP contribution in [0.25, 0.3) is 0 Å². The molecule has 104 valence electrons. The molecular formula is C15H21FN2O. The van der Waals surface area contributed by atoms with Gasteiger partial charge in [0, 0.05) is 19.3 Å². The second-order valence-electron chi connectivity index (χ2n) is 5.58. The van der Waals surface area contributed by atoms with Crippen LogP contribution in [0.4, 0.5) is 10.1 Å². The lowest BCUT2D eigenvalue weighted by molar-refractivity contribution is -0.129. The molecule has 0 bridgehead atoms. The second kappa shape index (κ2) is 5.29. The first-order valence-corrected chi connectivity index (χ1v) is 6.72. The quantitative estimate of drug-likeness (QED) is 0.909. The molecule has 19 heavy (non-hydrogen) atoms. The average molecular weight is 264 g/mol. The van der Waals surface area contributed by atoms with E-state index in [9.17, 15) is 9.18 Å². The summed E-state index contributed by atoms with van der Waals surface area (Å²) in [5.74, 6) is 0.00408. The van der Waals surface area contributed by atoms with Gasteiger partial charge in [-0.3, -0.25) is 4.79 Å². The van der Waals surface area contributed by atoms with E-state index >= 15 is 0 Å². The van der Waals surface area contributed by atoms with Gasteiger partial charge in [0.05, 0.1) is 5.41 Å². The molecule has 0 spiro atoms. The highest BCUT2D eigenvalue weighted by molar-refractivity contribution is 5.97. The van der Waals surface area contributed by atoms with Crippen LogP contribution in [0.3, 0.4) is 0 Å². The van der Waals surface area contributed by atoms with Crippen LogP contribution in [0.5, 0.6) is 0 Å². The third kappa shape index (κ3) is 2.50. The van der Waals surface area contributed by atoms with Gasteiger partial charge in [0.2, 0.25) is 5.91 Å². The Labute approximate surface area is 113 Å². The van der Waals surface area contributed by atoms with Crippen molar-refractivity contribution in [3.05, 3.63) is 30.1 Å². The zero-order chi connectivity index (χ0) is 14.0. The molecule has 0 saturated carbocycles. The fourth-order valence-corrected chi connectivity index (χ4v) is 2.77. The lowest BCUT2D eigenvalue weighted by Gasteiger charge is -2.35. The number of benzene rings is 1. The summed E-state index contributed by atoms with van der Waals surface area (Å²) in [6.07, 6.45) is 0.836. The summed E-state index contributed by atoms with van der Waals surface area (Å²) in [5.41, 5.74) is 0.234. The SMILES string of the molecule is CC(C)C1(C(=O)N(C)c2cccc(F)c2)CCNC1. The highest BCUT2D eigenvalue weighted by Gasteiger charge is 2.45. The van der Waals surface area contributed by atoms with Gasteiger partial charge in [0.25, 0.3) is 0 Å². The van der Waals surface area contributed by atoms with Gasteiger partial charge in [0.1, 0.15) is 5.82 Å². The van der Waals surface area contributed by atoms with Gasteiger partial charge in [-0.2, -0.15) is 0 Å². The van der Waals surface area contributed by atoms with Crippen molar-refractivity contribution in [3.8, 4) is 0 Å². The van der Waals surface area contributed by atoms with Crippen LogP contribution >= 0.6 is 0 Å². The minimum Gasteiger partial charge on any atom is -0.316 e. The summed E-state index contributed by atoms with van der Waals surface area (Å²) in [7, 11) is 1.72. The molecule has 1 aromatic carbocycles. The molecule has 3 nitrogen and oxygen atoms in total. The fraction of sp³-hybridized carbons (Fsp3) is 0.533. The zero-order valence-electron chi connectivity index (χ0n) is 11.7. The van der Waals surface area contributed by atoms with Crippen LogP contribution in [-0.4, -0.2) is 26.0 Å². The highest BCUT2D eigenvalue weighted by atomic mass is 19.1. The maximum atomic E-state index is 13.3. The van der Waals surface area contributed by atoms with E-state index < -0.39 is 0 Å². The number of carbonyl (C=O) groups excluding carboxylic acids is 1. The monoisotopic (exact) mass is 264 g/mol. The summed E-state index contributed by atoms with van der Waals surface area (Å²) < 4.78 is 13.3. The minimum absolute atomic E-state index is 0.0677.